The Morgan fingerprint density at radius 3 is 3.00 bits per heavy atom. The lowest BCUT2D eigenvalue weighted by Crippen LogP contribution is -2.39. The Kier molecular flexibility index (Phi) is 4.76. The highest BCUT2D eigenvalue weighted by atomic mass is 32.2. The van der Waals surface area contributed by atoms with Gasteiger partial charge in [0.25, 0.3) is 0 Å². The van der Waals surface area contributed by atoms with Crippen LogP contribution in [0.15, 0.2) is 23.5 Å². The molecular weight excluding hydrogens is 352 g/mol. The fourth-order valence-electron chi connectivity index (χ4n) is 3.65. The minimum absolute atomic E-state index is 0.244. The summed E-state index contributed by atoms with van der Waals surface area (Å²) in [7, 11) is -3.61. The van der Waals surface area contributed by atoms with E-state index in [1.165, 1.54) is 6.20 Å². The first-order valence-electron chi connectivity index (χ1n) is 9.19. The molecule has 0 aromatic carbocycles. The molecule has 0 aliphatic carbocycles. The van der Waals surface area contributed by atoms with Gasteiger partial charge >= 0.3 is 0 Å². The molecule has 1 N–H and O–H groups in total. The summed E-state index contributed by atoms with van der Waals surface area (Å²) in [5.41, 5.74) is 2.14. The van der Waals surface area contributed by atoms with E-state index in [4.69, 9.17) is 4.98 Å². The third-order valence-corrected chi connectivity index (χ3v) is 6.98. The van der Waals surface area contributed by atoms with Gasteiger partial charge in [-0.3, -0.25) is 4.68 Å². The largest absolute Gasteiger partial charge is 0.312 e. The molecule has 4 heterocycles. The standard InChI is InChI=1S/C17H24N6O2S/c1-2-22-12-14(11-20-22)26(24,25)23-8-4-3-5-16(23)17-19-10-13-9-18-7-6-15(13)21-17/h10-12,16,18H,2-9H2,1H3/t16-/m0/s1. The highest BCUT2D eigenvalue weighted by Crippen LogP contribution is 2.34. The number of fused-ring (bicyclic) bond motifs is 1. The van der Waals surface area contributed by atoms with Crippen LogP contribution < -0.4 is 5.32 Å². The van der Waals surface area contributed by atoms with Crippen molar-refractivity contribution >= 4 is 10.0 Å². The minimum atomic E-state index is -3.61. The lowest BCUT2D eigenvalue weighted by atomic mass is 10.0. The van der Waals surface area contributed by atoms with Gasteiger partial charge in [0, 0.05) is 56.3 Å². The van der Waals surface area contributed by atoms with Gasteiger partial charge in [-0.15, -0.1) is 0 Å². The van der Waals surface area contributed by atoms with Crippen LogP contribution in [0.3, 0.4) is 0 Å². The quantitative estimate of drug-likeness (QED) is 0.863. The molecule has 1 saturated heterocycles. The summed E-state index contributed by atoms with van der Waals surface area (Å²) in [6.07, 6.45) is 8.31. The Morgan fingerprint density at radius 2 is 2.19 bits per heavy atom. The molecule has 8 nitrogen and oxygen atoms in total. The number of piperidine rings is 1. The molecule has 26 heavy (non-hydrogen) atoms. The summed E-state index contributed by atoms with van der Waals surface area (Å²) in [5, 5.41) is 7.43. The summed E-state index contributed by atoms with van der Waals surface area (Å²) in [5.74, 6) is 0.622. The molecule has 0 radical (unpaired) electrons. The normalized spacial score (nSPS) is 21.5. The summed E-state index contributed by atoms with van der Waals surface area (Å²) in [4.78, 5) is 9.50. The summed E-state index contributed by atoms with van der Waals surface area (Å²) in [6, 6.07) is -0.307. The van der Waals surface area contributed by atoms with Gasteiger partial charge in [-0.2, -0.15) is 9.40 Å². The highest BCUT2D eigenvalue weighted by Gasteiger charge is 2.37. The van der Waals surface area contributed by atoms with Gasteiger partial charge in [0.15, 0.2) is 0 Å². The van der Waals surface area contributed by atoms with Crippen molar-refractivity contribution in [3.8, 4) is 0 Å². The number of rotatable bonds is 4. The average molecular weight is 376 g/mol. The zero-order valence-corrected chi connectivity index (χ0v) is 15.7. The maximum absolute atomic E-state index is 13.2. The van der Waals surface area contributed by atoms with Gasteiger partial charge in [0.2, 0.25) is 10.0 Å². The van der Waals surface area contributed by atoms with Crippen LogP contribution in [0.1, 0.15) is 49.3 Å². The molecule has 0 bridgehead atoms. The number of aromatic nitrogens is 4. The van der Waals surface area contributed by atoms with Gasteiger partial charge in [0.05, 0.1) is 12.2 Å². The van der Waals surface area contributed by atoms with Gasteiger partial charge in [-0.05, 0) is 19.8 Å². The lowest BCUT2D eigenvalue weighted by molar-refractivity contribution is 0.245. The van der Waals surface area contributed by atoms with Crippen LogP contribution in [0.25, 0.3) is 0 Å². The molecule has 4 rings (SSSR count). The van der Waals surface area contributed by atoms with E-state index in [1.807, 2.05) is 13.1 Å². The van der Waals surface area contributed by atoms with E-state index in [0.717, 1.165) is 50.0 Å². The molecule has 1 atom stereocenters. The van der Waals surface area contributed by atoms with E-state index in [2.05, 4.69) is 15.4 Å². The Balaban J connectivity index is 1.68. The minimum Gasteiger partial charge on any atom is -0.312 e. The van der Waals surface area contributed by atoms with Crippen LogP contribution in [-0.2, 0) is 29.5 Å². The summed E-state index contributed by atoms with van der Waals surface area (Å²) >= 11 is 0. The van der Waals surface area contributed by atoms with E-state index < -0.39 is 10.0 Å². The molecule has 2 aliphatic heterocycles. The van der Waals surface area contributed by atoms with E-state index >= 15 is 0 Å². The monoisotopic (exact) mass is 376 g/mol. The van der Waals surface area contributed by atoms with Crippen molar-refractivity contribution in [2.45, 2.75) is 56.6 Å². The van der Waals surface area contributed by atoms with E-state index in [9.17, 15) is 8.42 Å². The number of nitrogens with one attached hydrogen (secondary N) is 1. The molecule has 0 unspecified atom stereocenters. The molecule has 0 saturated carbocycles. The van der Waals surface area contributed by atoms with Crippen molar-refractivity contribution in [3.63, 3.8) is 0 Å². The second-order valence-corrected chi connectivity index (χ2v) is 8.68. The number of sulfonamides is 1. The predicted molar refractivity (Wildman–Crippen MR) is 95.8 cm³/mol. The topological polar surface area (TPSA) is 93.0 Å². The second kappa shape index (κ2) is 7.05. The third kappa shape index (κ3) is 3.15. The molecule has 9 heteroatoms. The van der Waals surface area contributed by atoms with Gasteiger partial charge < -0.3 is 5.32 Å². The maximum atomic E-state index is 13.2. The molecular formula is C17H24N6O2S. The van der Waals surface area contributed by atoms with Crippen molar-refractivity contribution < 1.29 is 8.42 Å². The Labute approximate surface area is 153 Å². The first-order chi connectivity index (χ1) is 12.6. The Morgan fingerprint density at radius 1 is 1.31 bits per heavy atom. The number of nitrogens with zero attached hydrogens (tertiary/aromatic N) is 5. The van der Waals surface area contributed by atoms with Gasteiger partial charge in [-0.1, -0.05) is 6.42 Å². The van der Waals surface area contributed by atoms with Crippen LogP contribution in [0.5, 0.6) is 0 Å². The molecule has 1 fully saturated rings. The maximum Gasteiger partial charge on any atom is 0.246 e. The predicted octanol–water partition coefficient (Wildman–Crippen LogP) is 1.25. The van der Waals surface area contributed by atoms with Crippen LogP contribution in [0.4, 0.5) is 0 Å². The fourth-order valence-corrected chi connectivity index (χ4v) is 5.26. The smallest absolute Gasteiger partial charge is 0.246 e. The van der Waals surface area contributed by atoms with Crippen molar-refractivity contribution in [2.24, 2.45) is 0 Å². The van der Waals surface area contributed by atoms with E-state index in [0.29, 0.717) is 18.9 Å². The first-order valence-corrected chi connectivity index (χ1v) is 10.6. The van der Waals surface area contributed by atoms with Crippen molar-refractivity contribution in [1.29, 1.82) is 0 Å². The van der Waals surface area contributed by atoms with Gasteiger partial charge in [0.1, 0.15) is 10.7 Å². The second-order valence-electron chi connectivity index (χ2n) is 6.79. The third-order valence-electron chi connectivity index (χ3n) is 5.12. The summed E-state index contributed by atoms with van der Waals surface area (Å²) in [6.45, 7) is 4.74. The molecule has 2 aromatic rings. The zero-order chi connectivity index (χ0) is 18.1. The molecule has 2 aromatic heterocycles. The molecule has 0 spiro atoms. The van der Waals surface area contributed by atoms with Gasteiger partial charge in [-0.25, -0.2) is 18.4 Å². The fraction of sp³-hybridized carbons (Fsp3) is 0.588. The average Bonchev–Trinajstić information content (AvgIpc) is 3.18. The Bertz CT molecular complexity index is 894. The molecule has 2 aliphatic rings. The first kappa shape index (κ1) is 17.6. The Hall–Kier alpha value is -1.84. The van der Waals surface area contributed by atoms with Crippen LogP contribution in [-0.4, -0.2) is 45.6 Å². The van der Waals surface area contributed by atoms with Crippen LogP contribution >= 0.6 is 0 Å². The SMILES string of the molecule is CCn1cc(S(=O)(=O)N2CCCC[C@H]2c2ncc3c(n2)CCNC3)cn1. The van der Waals surface area contributed by atoms with Crippen molar-refractivity contribution in [1.82, 2.24) is 29.4 Å². The molecule has 140 valence electrons. The van der Waals surface area contributed by atoms with Crippen LogP contribution in [0.2, 0.25) is 0 Å². The number of hydrogen-bond donors (Lipinski definition) is 1. The van der Waals surface area contributed by atoms with E-state index in [1.54, 1.807) is 15.2 Å². The zero-order valence-electron chi connectivity index (χ0n) is 14.9. The lowest BCUT2D eigenvalue weighted by Gasteiger charge is -2.33. The highest BCUT2D eigenvalue weighted by molar-refractivity contribution is 7.89. The van der Waals surface area contributed by atoms with Crippen LogP contribution in [0, 0.1) is 0 Å². The number of aryl methyl sites for hydroxylation is 1. The van der Waals surface area contributed by atoms with E-state index in [-0.39, 0.29) is 10.9 Å². The molecule has 0 amide bonds. The van der Waals surface area contributed by atoms with Crippen molar-refractivity contribution in [3.05, 3.63) is 35.7 Å². The van der Waals surface area contributed by atoms with Crippen molar-refractivity contribution in [2.75, 3.05) is 13.1 Å². The number of hydrogen-bond acceptors (Lipinski definition) is 6. The summed E-state index contributed by atoms with van der Waals surface area (Å²) < 4.78 is 29.6.